The molecule has 19 heavy (non-hydrogen) atoms. The van der Waals surface area contributed by atoms with Crippen LogP contribution in [0.3, 0.4) is 0 Å². The second-order valence-corrected chi connectivity index (χ2v) is 6.74. The lowest BCUT2D eigenvalue weighted by Crippen LogP contribution is -2.28. The fourth-order valence-electron chi connectivity index (χ4n) is 2.85. The molecule has 0 bridgehead atoms. The van der Waals surface area contributed by atoms with Crippen molar-refractivity contribution >= 4 is 38.8 Å². The topological polar surface area (TPSA) is 38.0 Å². The Morgan fingerprint density at radius 3 is 2.68 bits per heavy atom. The van der Waals surface area contributed by atoms with Gasteiger partial charge in [-0.05, 0) is 43.9 Å². The van der Waals surface area contributed by atoms with E-state index in [1.807, 2.05) is 12.1 Å². The molecule has 0 heterocycles. The minimum Gasteiger partial charge on any atom is -0.389 e. The van der Waals surface area contributed by atoms with Gasteiger partial charge >= 0.3 is 0 Å². The van der Waals surface area contributed by atoms with Crippen molar-refractivity contribution in [3.05, 3.63) is 28.2 Å². The number of benzene rings is 1. The molecule has 0 saturated heterocycles. The van der Waals surface area contributed by atoms with Crippen molar-refractivity contribution < 1.29 is 0 Å². The molecule has 2 nitrogen and oxygen atoms in total. The van der Waals surface area contributed by atoms with E-state index in [1.54, 1.807) is 0 Å². The van der Waals surface area contributed by atoms with Gasteiger partial charge < -0.3 is 11.1 Å². The monoisotopic (exact) mass is 340 g/mol. The first-order chi connectivity index (χ1) is 9.08. The van der Waals surface area contributed by atoms with Crippen LogP contribution in [0, 0.1) is 5.92 Å². The third-order valence-corrected chi connectivity index (χ3v) is 4.70. The van der Waals surface area contributed by atoms with Crippen molar-refractivity contribution in [2.24, 2.45) is 11.7 Å². The Bertz CT molecular complexity index is 455. The van der Waals surface area contributed by atoms with Gasteiger partial charge in [0.2, 0.25) is 0 Å². The first kappa shape index (κ1) is 14.8. The Morgan fingerprint density at radius 1 is 1.37 bits per heavy atom. The molecule has 1 aliphatic carbocycles. The molecule has 1 aliphatic rings. The lowest BCUT2D eigenvalue weighted by Gasteiger charge is -2.29. The molecule has 104 valence electrons. The van der Waals surface area contributed by atoms with Crippen molar-refractivity contribution in [3.63, 3.8) is 0 Å². The highest BCUT2D eigenvalue weighted by molar-refractivity contribution is 9.10. The number of hydrogen-bond acceptors (Lipinski definition) is 2. The summed E-state index contributed by atoms with van der Waals surface area (Å²) in [6.07, 6.45) is 6.75. The lowest BCUT2D eigenvalue weighted by atomic mass is 9.84. The molecule has 0 aromatic heterocycles. The second kappa shape index (κ2) is 6.71. The maximum atomic E-state index is 5.79. The van der Waals surface area contributed by atoms with Crippen molar-refractivity contribution in [1.29, 1.82) is 0 Å². The van der Waals surface area contributed by atoms with Gasteiger partial charge in [-0.2, -0.15) is 0 Å². The van der Waals surface area contributed by atoms with Crippen LogP contribution < -0.4 is 11.1 Å². The summed E-state index contributed by atoms with van der Waals surface area (Å²) >= 11 is 8.63. The molecule has 3 N–H and O–H groups in total. The SMILES string of the molecule is CC(Nc1cc(Br)ccc1C(N)=S)C1CCCCC1. The fraction of sp³-hybridized carbons (Fsp3) is 0.533. The van der Waals surface area contributed by atoms with Gasteiger partial charge in [0.15, 0.2) is 0 Å². The Balaban J connectivity index is 2.12. The highest BCUT2D eigenvalue weighted by Gasteiger charge is 2.20. The van der Waals surface area contributed by atoms with Crippen molar-refractivity contribution in [2.75, 3.05) is 5.32 Å². The molecular formula is C15H21BrN2S. The number of hydrogen-bond donors (Lipinski definition) is 2. The lowest BCUT2D eigenvalue weighted by molar-refractivity contribution is 0.328. The van der Waals surface area contributed by atoms with Gasteiger partial charge in [-0.15, -0.1) is 0 Å². The Morgan fingerprint density at radius 2 is 2.05 bits per heavy atom. The van der Waals surface area contributed by atoms with Crippen LogP contribution in [0.5, 0.6) is 0 Å². The molecule has 1 fully saturated rings. The van der Waals surface area contributed by atoms with E-state index in [0.29, 0.717) is 11.0 Å². The number of anilines is 1. The number of nitrogens with one attached hydrogen (secondary N) is 1. The molecule has 1 atom stereocenters. The van der Waals surface area contributed by atoms with E-state index in [0.717, 1.165) is 21.6 Å². The van der Waals surface area contributed by atoms with E-state index in [9.17, 15) is 0 Å². The van der Waals surface area contributed by atoms with Crippen LogP contribution in [0.4, 0.5) is 5.69 Å². The summed E-state index contributed by atoms with van der Waals surface area (Å²) in [5.41, 5.74) is 7.77. The van der Waals surface area contributed by atoms with E-state index in [1.165, 1.54) is 32.1 Å². The zero-order valence-corrected chi connectivity index (χ0v) is 13.7. The maximum absolute atomic E-state index is 5.79. The number of thiocarbonyl (C=S) groups is 1. The average molecular weight is 341 g/mol. The van der Waals surface area contributed by atoms with Gasteiger partial charge in [0, 0.05) is 21.8 Å². The standard InChI is InChI=1S/C15H21BrN2S/c1-10(11-5-3-2-4-6-11)18-14-9-12(16)7-8-13(14)15(17)19/h7-11,18H,2-6H2,1H3,(H2,17,19). The van der Waals surface area contributed by atoms with Gasteiger partial charge in [-0.25, -0.2) is 0 Å². The number of nitrogens with two attached hydrogens (primary N) is 1. The molecular weight excluding hydrogens is 320 g/mol. The van der Waals surface area contributed by atoms with Gasteiger partial charge in [-0.3, -0.25) is 0 Å². The molecule has 0 spiro atoms. The average Bonchev–Trinajstić information content (AvgIpc) is 2.39. The number of halogens is 1. The highest BCUT2D eigenvalue weighted by atomic mass is 79.9. The van der Waals surface area contributed by atoms with Gasteiger partial charge in [-0.1, -0.05) is 47.4 Å². The van der Waals surface area contributed by atoms with E-state index in [-0.39, 0.29) is 0 Å². The van der Waals surface area contributed by atoms with E-state index in [2.05, 4.69) is 34.2 Å². The largest absolute Gasteiger partial charge is 0.389 e. The van der Waals surface area contributed by atoms with Crippen molar-refractivity contribution in [3.8, 4) is 0 Å². The normalized spacial score (nSPS) is 18.0. The van der Waals surface area contributed by atoms with Crippen LogP contribution in [0.2, 0.25) is 0 Å². The second-order valence-electron chi connectivity index (χ2n) is 5.39. The van der Waals surface area contributed by atoms with E-state index < -0.39 is 0 Å². The van der Waals surface area contributed by atoms with Crippen LogP contribution in [-0.2, 0) is 0 Å². The zero-order chi connectivity index (χ0) is 13.8. The van der Waals surface area contributed by atoms with Crippen LogP contribution in [0.25, 0.3) is 0 Å². The fourth-order valence-corrected chi connectivity index (χ4v) is 3.39. The molecule has 2 rings (SSSR count). The summed E-state index contributed by atoms with van der Waals surface area (Å²) in [6.45, 7) is 2.26. The molecule has 4 heteroatoms. The highest BCUT2D eigenvalue weighted by Crippen LogP contribution is 2.29. The number of rotatable bonds is 4. The van der Waals surface area contributed by atoms with Gasteiger partial charge in [0.25, 0.3) is 0 Å². The van der Waals surface area contributed by atoms with Crippen LogP contribution in [0.15, 0.2) is 22.7 Å². The van der Waals surface area contributed by atoms with Crippen molar-refractivity contribution in [1.82, 2.24) is 0 Å². The summed E-state index contributed by atoms with van der Waals surface area (Å²) in [7, 11) is 0. The van der Waals surface area contributed by atoms with Crippen LogP contribution in [0.1, 0.15) is 44.6 Å². The summed E-state index contributed by atoms with van der Waals surface area (Å²) in [4.78, 5) is 0.450. The summed E-state index contributed by atoms with van der Waals surface area (Å²) in [5.74, 6) is 0.756. The smallest absolute Gasteiger partial charge is 0.106 e. The van der Waals surface area contributed by atoms with Gasteiger partial charge in [0.1, 0.15) is 4.99 Å². The quantitative estimate of drug-likeness (QED) is 0.794. The summed E-state index contributed by atoms with van der Waals surface area (Å²) in [5, 5.41) is 3.60. The molecule has 1 unspecified atom stereocenters. The van der Waals surface area contributed by atoms with Crippen LogP contribution in [-0.4, -0.2) is 11.0 Å². The van der Waals surface area contributed by atoms with Gasteiger partial charge in [0.05, 0.1) is 0 Å². The third kappa shape index (κ3) is 3.93. The Kier molecular flexibility index (Phi) is 5.22. The van der Waals surface area contributed by atoms with E-state index >= 15 is 0 Å². The summed E-state index contributed by atoms with van der Waals surface area (Å²) < 4.78 is 1.05. The third-order valence-electron chi connectivity index (χ3n) is 3.99. The predicted octanol–water partition coefficient (Wildman–Crippen LogP) is 4.46. The molecule has 1 saturated carbocycles. The molecule has 1 aromatic carbocycles. The minimum absolute atomic E-state index is 0.450. The minimum atomic E-state index is 0.450. The zero-order valence-electron chi connectivity index (χ0n) is 11.3. The predicted molar refractivity (Wildman–Crippen MR) is 89.7 cm³/mol. The first-order valence-corrected chi connectivity index (χ1v) is 8.14. The molecule has 0 radical (unpaired) electrons. The Hall–Kier alpha value is -0.610. The maximum Gasteiger partial charge on any atom is 0.106 e. The van der Waals surface area contributed by atoms with Crippen LogP contribution >= 0.6 is 28.1 Å². The van der Waals surface area contributed by atoms with E-state index in [4.69, 9.17) is 18.0 Å². The molecule has 1 aromatic rings. The van der Waals surface area contributed by atoms with Crippen molar-refractivity contribution in [2.45, 2.75) is 45.1 Å². The first-order valence-electron chi connectivity index (χ1n) is 6.94. The molecule has 0 amide bonds. The molecule has 0 aliphatic heterocycles. The summed E-state index contributed by atoms with van der Waals surface area (Å²) in [6, 6.07) is 6.48. The Labute approximate surface area is 129 Å².